The van der Waals surface area contributed by atoms with Gasteiger partial charge in [0.2, 0.25) is 5.91 Å². The number of hydrogen-bond donors (Lipinski definition) is 1. The smallest absolute Gasteiger partial charge is 0.238 e. The van der Waals surface area contributed by atoms with Gasteiger partial charge in [0.15, 0.2) is 0 Å². The standard InChI is InChI=1S/C24H29N5O/c1-3-28(4-2)13-6-14-29(18-21-11-9-20(16-25)10-12-21)19-24(30)27-23-8-5-7-22(15-23)17-26/h5,7-12,15H,3-4,6,13-14,18-19H2,1-2H3,(H,27,30). The highest BCUT2D eigenvalue weighted by molar-refractivity contribution is 5.92. The SMILES string of the molecule is CCN(CC)CCCN(CC(=O)Nc1cccc(C#N)c1)Cc1ccc(C#N)cc1. The maximum Gasteiger partial charge on any atom is 0.238 e. The van der Waals surface area contributed by atoms with Gasteiger partial charge in [0, 0.05) is 18.8 Å². The van der Waals surface area contributed by atoms with Gasteiger partial charge < -0.3 is 10.2 Å². The van der Waals surface area contributed by atoms with E-state index < -0.39 is 0 Å². The Labute approximate surface area is 179 Å². The zero-order valence-electron chi connectivity index (χ0n) is 17.8. The van der Waals surface area contributed by atoms with E-state index in [-0.39, 0.29) is 12.5 Å². The Bertz CT molecular complexity index is 891. The van der Waals surface area contributed by atoms with Crippen LogP contribution in [0.3, 0.4) is 0 Å². The summed E-state index contributed by atoms with van der Waals surface area (Å²) in [6.45, 7) is 9.01. The molecule has 0 bridgehead atoms. The summed E-state index contributed by atoms with van der Waals surface area (Å²) in [6.07, 6.45) is 0.967. The van der Waals surface area contributed by atoms with Crippen LogP contribution in [0.4, 0.5) is 5.69 Å². The minimum Gasteiger partial charge on any atom is -0.325 e. The lowest BCUT2D eigenvalue weighted by molar-refractivity contribution is -0.117. The van der Waals surface area contributed by atoms with E-state index in [1.165, 1.54) is 0 Å². The predicted molar refractivity (Wildman–Crippen MR) is 119 cm³/mol. The van der Waals surface area contributed by atoms with Gasteiger partial charge in [0.25, 0.3) is 0 Å². The van der Waals surface area contributed by atoms with Crippen LogP contribution in [0.25, 0.3) is 0 Å². The molecule has 0 aliphatic carbocycles. The second kappa shape index (κ2) is 12.4. The minimum atomic E-state index is -0.110. The number of carbonyl (C=O) groups excluding carboxylic acids is 1. The first-order valence-electron chi connectivity index (χ1n) is 10.3. The molecule has 2 aromatic rings. The molecule has 6 heteroatoms. The summed E-state index contributed by atoms with van der Waals surface area (Å²) in [7, 11) is 0. The van der Waals surface area contributed by atoms with E-state index in [1.807, 2.05) is 12.1 Å². The molecule has 156 valence electrons. The van der Waals surface area contributed by atoms with Crippen LogP contribution in [0, 0.1) is 22.7 Å². The first kappa shape index (κ1) is 23.1. The molecule has 2 aromatic carbocycles. The molecule has 0 atom stereocenters. The molecular formula is C24H29N5O. The average Bonchev–Trinajstić information content (AvgIpc) is 2.77. The highest BCUT2D eigenvalue weighted by atomic mass is 16.2. The number of nitrogens with one attached hydrogen (secondary N) is 1. The van der Waals surface area contributed by atoms with Crippen molar-refractivity contribution in [2.75, 3.05) is 38.0 Å². The summed E-state index contributed by atoms with van der Waals surface area (Å²) >= 11 is 0. The highest BCUT2D eigenvalue weighted by Gasteiger charge is 2.13. The van der Waals surface area contributed by atoms with Gasteiger partial charge >= 0.3 is 0 Å². The number of hydrogen-bond acceptors (Lipinski definition) is 5. The summed E-state index contributed by atoms with van der Waals surface area (Å²) in [5, 5.41) is 20.9. The molecule has 2 rings (SSSR count). The Morgan fingerprint density at radius 1 is 0.933 bits per heavy atom. The van der Waals surface area contributed by atoms with Crippen molar-refractivity contribution in [2.24, 2.45) is 0 Å². The van der Waals surface area contributed by atoms with Crippen molar-refractivity contribution in [3.05, 3.63) is 65.2 Å². The third-order valence-electron chi connectivity index (χ3n) is 4.97. The highest BCUT2D eigenvalue weighted by Crippen LogP contribution is 2.11. The van der Waals surface area contributed by atoms with E-state index in [2.05, 4.69) is 41.1 Å². The van der Waals surface area contributed by atoms with Crippen LogP contribution in [0.5, 0.6) is 0 Å². The van der Waals surface area contributed by atoms with Crippen molar-refractivity contribution in [2.45, 2.75) is 26.8 Å². The van der Waals surface area contributed by atoms with Gasteiger partial charge in [0.1, 0.15) is 0 Å². The molecule has 0 saturated carbocycles. The number of rotatable bonds is 11. The molecule has 0 radical (unpaired) electrons. The Morgan fingerprint density at radius 3 is 2.23 bits per heavy atom. The molecule has 0 fully saturated rings. The van der Waals surface area contributed by atoms with Crippen molar-refractivity contribution in [1.29, 1.82) is 10.5 Å². The molecule has 0 aliphatic rings. The van der Waals surface area contributed by atoms with Crippen molar-refractivity contribution < 1.29 is 4.79 Å². The first-order valence-corrected chi connectivity index (χ1v) is 10.3. The molecule has 0 aromatic heterocycles. The van der Waals surface area contributed by atoms with E-state index in [9.17, 15) is 4.79 Å². The second-order valence-electron chi connectivity index (χ2n) is 7.14. The van der Waals surface area contributed by atoms with Crippen molar-refractivity contribution in [3.8, 4) is 12.1 Å². The topological polar surface area (TPSA) is 83.2 Å². The van der Waals surface area contributed by atoms with E-state index in [0.29, 0.717) is 23.4 Å². The van der Waals surface area contributed by atoms with Gasteiger partial charge in [-0.2, -0.15) is 10.5 Å². The summed E-state index contributed by atoms with van der Waals surface area (Å²) in [6, 6.07) is 18.6. The fourth-order valence-corrected chi connectivity index (χ4v) is 3.28. The molecule has 0 spiro atoms. The van der Waals surface area contributed by atoms with Gasteiger partial charge in [-0.15, -0.1) is 0 Å². The number of amides is 1. The Balaban J connectivity index is 2.01. The Morgan fingerprint density at radius 2 is 1.60 bits per heavy atom. The molecule has 1 N–H and O–H groups in total. The zero-order valence-corrected chi connectivity index (χ0v) is 17.8. The third-order valence-corrected chi connectivity index (χ3v) is 4.97. The van der Waals surface area contributed by atoms with E-state index in [0.717, 1.165) is 38.2 Å². The molecular weight excluding hydrogens is 374 g/mol. The quantitative estimate of drug-likeness (QED) is 0.620. The molecule has 0 unspecified atom stereocenters. The van der Waals surface area contributed by atoms with Crippen LogP contribution < -0.4 is 5.32 Å². The minimum absolute atomic E-state index is 0.110. The van der Waals surface area contributed by atoms with Gasteiger partial charge in [-0.1, -0.05) is 32.0 Å². The Kier molecular flexibility index (Phi) is 9.54. The predicted octanol–water partition coefficient (Wildman–Crippen LogP) is 3.60. The maximum atomic E-state index is 12.6. The fraction of sp³-hybridized carbons (Fsp3) is 0.375. The van der Waals surface area contributed by atoms with Gasteiger partial charge in [-0.05, 0) is 62.0 Å². The molecule has 1 amide bonds. The molecule has 0 aliphatic heterocycles. The lowest BCUT2D eigenvalue weighted by atomic mass is 10.1. The summed E-state index contributed by atoms with van der Waals surface area (Å²) < 4.78 is 0. The average molecular weight is 404 g/mol. The van der Waals surface area contributed by atoms with E-state index in [1.54, 1.807) is 36.4 Å². The fourth-order valence-electron chi connectivity index (χ4n) is 3.28. The monoisotopic (exact) mass is 403 g/mol. The number of carbonyl (C=O) groups is 1. The second-order valence-corrected chi connectivity index (χ2v) is 7.14. The first-order chi connectivity index (χ1) is 14.6. The largest absolute Gasteiger partial charge is 0.325 e. The van der Waals surface area contributed by atoms with Crippen LogP contribution in [0.1, 0.15) is 37.0 Å². The third kappa shape index (κ3) is 7.67. The normalized spacial score (nSPS) is 10.6. The van der Waals surface area contributed by atoms with Crippen molar-refractivity contribution >= 4 is 11.6 Å². The lowest BCUT2D eigenvalue weighted by Crippen LogP contribution is -2.35. The number of anilines is 1. The van der Waals surface area contributed by atoms with Crippen LogP contribution in [-0.2, 0) is 11.3 Å². The molecule has 0 saturated heterocycles. The molecule has 30 heavy (non-hydrogen) atoms. The van der Waals surface area contributed by atoms with Crippen LogP contribution >= 0.6 is 0 Å². The molecule has 6 nitrogen and oxygen atoms in total. The number of benzene rings is 2. The van der Waals surface area contributed by atoms with Gasteiger partial charge in [0.05, 0.1) is 29.8 Å². The zero-order chi connectivity index (χ0) is 21.8. The Hall–Kier alpha value is -3.19. The van der Waals surface area contributed by atoms with Crippen LogP contribution in [0.15, 0.2) is 48.5 Å². The maximum absolute atomic E-state index is 12.6. The van der Waals surface area contributed by atoms with Crippen LogP contribution in [0.2, 0.25) is 0 Å². The van der Waals surface area contributed by atoms with Gasteiger partial charge in [-0.3, -0.25) is 9.69 Å². The van der Waals surface area contributed by atoms with Gasteiger partial charge in [-0.25, -0.2) is 0 Å². The number of nitrogens with zero attached hydrogens (tertiary/aromatic N) is 4. The lowest BCUT2D eigenvalue weighted by Gasteiger charge is -2.24. The number of nitriles is 2. The van der Waals surface area contributed by atoms with Crippen LogP contribution in [-0.4, -0.2) is 48.4 Å². The summed E-state index contributed by atoms with van der Waals surface area (Å²) in [4.78, 5) is 17.1. The van der Waals surface area contributed by atoms with Crippen molar-refractivity contribution in [1.82, 2.24) is 9.80 Å². The van der Waals surface area contributed by atoms with E-state index >= 15 is 0 Å². The molecule has 0 heterocycles. The summed E-state index contributed by atoms with van der Waals surface area (Å²) in [5.41, 5.74) is 2.83. The van der Waals surface area contributed by atoms with Crippen molar-refractivity contribution in [3.63, 3.8) is 0 Å². The van der Waals surface area contributed by atoms with E-state index in [4.69, 9.17) is 10.5 Å². The summed E-state index contributed by atoms with van der Waals surface area (Å²) in [5.74, 6) is -0.110.